The van der Waals surface area contributed by atoms with E-state index in [9.17, 15) is 10.1 Å². The summed E-state index contributed by atoms with van der Waals surface area (Å²) in [6.07, 6.45) is 0.631. The zero-order chi connectivity index (χ0) is 15.4. The van der Waals surface area contributed by atoms with Crippen molar-refractivity contribution in [2.24, 2.45) is 5.84 Å². The summed E-state index contributed by atoms with van der Waals surface area (Å²) in [6.45, 7) is 3.69. The van der Waals surface area contributed by atoms with Gasteiger partial charge >= 0.3 is 0 Å². The van der Waals surface area contributed by atoms with Gasteiger partial charge in [-0.05, 0) is 19.1 Å². The lowest BCUT2D eigenvalue weighted by atomic mass is 10.3. The van der Waals surface area contributed by atoms with Crippen molar-refractivity contribution in [1.29, 1.82) is 0 Å². The minimum atomic E-state index is -0.467. The van der Waals surface area contributed by atoms with Gasteiger partial charge in [-0.3, -0.25) is 10.1 Å². The second-order valence-corrected chi connectivity index (χ2v) is 4.27. The molecule has 0 saturated carbocycles. The number of nitrogen functional groups attached to an aromatic ring is 1. The lowest BCUT2D eigenvalue weighted by Crippen LogP contribution is -2.13. The van der Waals surface area contributed by atoms with E-state index < -0.39 is 4.92 Å². The summed E-state index contributed by atoms with van der Waals surface area (Å²) >= 11 is 0. The third-order valence-electron chi connectivity index (χ3n) is 2.86. The van der Waals surface area contributed by atoms with Crippen LogP contribution in [0.4, 0.5) is 11.5 Å². The van der Waals surface area contributed by atoms with Crippen molar-refractivity contribution in [3.05, 3.63) is 45.8 Å². The number of nitro benzene ring substituents is 1. The van der Waals surface area contributed by atoms with E-state index >= 15 is 0 Å². The number of rotatable bonds is 5. The fourth-order valence-electron chi connectivity index (χ4n) is 1.69. The molecule has 0 amide bonds. The number of benzene rings is 1. The number of hydrogen-bond acceptors (Lipinski definition) is 7. The molecule has 2 aromatic rings. The molecule has 8 heteroatoms. The number of nitro groups is 1. The largest absolute Gasteiger partial charge is 0.439 e. The van der Waals surface area contributed by atoms with Gasteiger partial charge in [0.05, 0.1) is 10.5 Å². The summed E-state index contributed by atoms with van der Waals surface area (Å²) in [5, 5.41) is 10.6. The average molecular weight is 289 g/mol. The van der Waals surface area contributed by atoms with Crippen molar-refractivity contribution in [3.8, 4) is 11.6 Å². The molecule has 21 heavy (non-hydrogen) atoms. The maximum Gasteiger partial charge on any atom is 0.269 e. The van der Waals surface area contributed by atoms with Crippen molar-refractivity contribution in [3.63, 3.8) is 0 Å². The van der Waals surface area contributed by atoms with E-state index in [4.69, 9.17) is 10.6 Å². The zero-order valence-corrected chi connectivity index (χ0v) is 11.7. The first kappa shape index (κ1) is 14.7. The van der Waals surface area contributed by atoms with Crippen LogP contribution in [0.25, 0.3) is 0 Å². The summed E-state index contributed by atoms with van der Waals surface area (Å²) in [5.74, 6) is 7.31. The van der Waals surface area contributed by atoms with Crippen LogP contribution in [0, 0.1) is 17.0 Å². The molecule has 0 fully saturated rings. The Morgan fingerprint density at radius 3 is 2.52 bits per heavy atom. The molecule has 0 atom stereocenters. The molecule has 0 saturated heterocycles. The quantitative estimate of drug-likeness (QED) is 0.493. The number of nitrogens with zero attached hydrogens (tertiary/aromatic N) is 3. The van der Waals surface area contributed by atoms with Crippen LogP contribution in [0.5, 0.6) is 11.6 Å². The van der Waals surface area contributed by atoms with Gasteiger partial charge in [-0.2, -0.15) is 4.98 Å². The van der Waals surface area contributed by atoms with Gasteiger partial charge in [-0.15, -0.1) is 0 Å². The predicted octanol–water partition coefficient (Wildman–Crippen LogP) is 2.33. The number of nitrogens with one attached hydrogen (secondary N) is 1. The highest BCUT2D eigenvalue weighted by atomic mass is 16.6. The van der Waals surface area contributed by atoms with Gasteiger partial charge in [-0.1, -0.05) is 6.92 Å². The van der Waals surface area contributed by atoms with Crippen molar-refractivity contribution in [2.45, 2.75) is 20.3 Å². The molecular weight excluding hydrogens is 274 g/mol. The van der Waals surface area contributed by atoms with Crippen LogP contribution < -0.4 is 16.0 Å². The third-order valence-corrected chi connectivity index (χ3v) is 2.86. The first-order valence-electron chi connectivity index (χ1n) is 6.31. The number of nitrogens with two attached hydrogens (primary N) is 1. The van der Waals surface area contributed by atoms with Gasteiger partial charge < -0.3 is 10.2 Å². The molecule has 3 N–H and O–H groups in total. The Morgan fingerprint density at radius 1 is 1.33 bits per heavy atom. The monoisotopic (exact) mass is 289 g/mol. The topological polar surface area (TPSA) is 116 Å². The number of ether oxygens (including phenoxy) is 1. The Labute approximate surface area is 121 Å². The van der Waals surface area contributed by atoms with Gasteiger partial charge in [0.1, 0.15) is 17.4 Å². The molecule has 0 unspecified atom stereocenters. The lowest BCUT2D eigenvalue weighted by molar-refractivity contribution is -0.384. The minimum Gasteiger partial charge on any atom is -0.439 e. The van der Waals surface area contributed by atoms with Crippen molar-refractivity contribution >= 4 is 11.5 Å². The molecule has 8 nitrogen and oxygen atoms in total. The number of anilines is 1. The van der Waals surface area contributed by atoms with E-state index in [0.717, 1.165) is 0 Å². The van der Waals surface area contributed by atoms with Crippen LogP contribution in [-0.2, 0) is 6.42 Å². The smallest absolute Gasteiger partial charge is 0.269 e. The van der Waals surface area contributed by atoms with Gasteiger partial charge in [0.15, 0.2) is 0 Å². The van der Waals surface area contributed by atoms with E-state index in [1.54, 1.807) is 6.92 Å². The molecule has 2 rings (SSSR count). The fourth-order valence-corrected chi connectivity index (χ4v) is 1.69. The first-order chi connectivity index (χ1) is 10.0. The van der Waals surface area contributed by atoms with Crippen LogP contribution >= 0.6 is 0 Å². The fraction of sp³-hybridized carbons (Fsp3) is 0.231. The SMILES string of the molecule is CCc1nc(NN)c(C)c(Oc2ccc([N+](=O)[O-])cc2)n1. The van der Waals surface area contributed by atoms with Gasteiger partial charge in [0, 0.05) is 18.6 Å². The molecule has 110 valence electrons. The van der Waals surface area contributed by atoms with Crippen LogP contribution in [0.15, 0.2) is 24.3 Å². The summed E-state index contributed by atoms with van der Waals surface area (Å²) in [4.78, 5) is 18.7. The van der Waals surface area contributed by atoms with E-state index in [-0.39, 0.29) is 5.69 Å². The molecule has 0 aliphatic heterocycles. The van der Waals surface area contributed by atoms with E-state index in [2.05, 4.69) is 15.4 Å². The van der Waals surface area contributed by atoms with Crippen molar-refractivity contribution in [1.82, 2.24) is 9.97 Å². The van der Waals surface area contributed by atoms with Gasteiger partial charge in [-0.25, -0.2) is 10.8 Å². The standard InChI is InChI=1S/C13H15N5O3/c1-3-11-15-12(17-14)8(2)13(16-11)21-10-6-4-9(5-7-10)18(19)20/h4-7H,3,14H2,1-2H3,(H,15,16,17). The molecule has 0 aliphatic carbocycles. The van der Waals surface area contributed by atoms with Crippen LogP contribution in [-0.4, -0.2) is 14.9 Å². The molecule has 1 aromatic heterocycles. The number of hydrogen-bond donors (Lipinski definition) is 2. The zero-order valence-electron chi connectivity index (χ0n) is 11.7. The Kier molecular flexibility index (Phi) is 4.29. The van der Waals surface area contributed by atoms with Crippen molar-refractivity contribution < 1.29 is 9.66 Å². The number of aromatic nitrogens is 2. The molecule has 0 bridgehead atoms. The van der Waals surface area contributed by atoms with E-state index in [0.29, 0.717) is 35.3 Å². The number of hydrazine groups is 1. The molecular formula is C13H15N5O3. The Hall–Kier alpha value is -2.74. The second kappa shape index (κ2) is 6.14. The van der Waals surface area contributed by atoms with Crippen molar-refractivity contribution in [2.75, 3.05) is 5.43 Å². The predicted molar refractivity (Wildman–Crippen MR) is 77.1 cm³/mol. The highest BCUT2D eigenvalue weighted by Gasteiger charge is 2.12. The van der Waals surface area contributed by atoms with Gasteiger partial charge in [0.25, 0.3) is 5.69 Å². The molecule has 0 spiro atoms. The minimum absolute atomic E-state index is 0.000297. The first-order valence-corrected chi connectivity index (χ1v) is 6.31. The average Bonchev–Trinajstić information content (AvgIpc) is 2.49. The van der Waals surface area contributed by atoms with Crippen LogP contribution in [0.3, 0.4) is 0 Å². The Bertz CT molecular complexity index is 658. The summed E-state index contributed by atoms with van der Waals surface area (Å²) in [7, 11) is 0. The third kappa shape index (κ3) is 3.23. The Morgan fingerprint density at radius 2 is 2.00 bits per heavy atom. The summed E-state index contributed by atoms with van der Waals surface area (Å²) in [5.41, 5.74) is 3.16. The molecule has 1 aromatic carbocycles. The molecule has 0 radical (unpaired) electrons. The molecule has 1 heterocycles. The number of non-ortho nitro benzene ring substituents is 1. The van der Waals surface area contributed by atoms with Gasteiger partial charge in [0.2, 0.25) is 5.88 Å². The second-order valence-electron chi connectivity index (χ2n) is 4.27. The van der Waals surface area contributed by atoms with E-state index in [1.165, 1.54) is 24.3 Å². The molecule has 0 aliphatic rings. The highest BCUT2D eigenvalue weighted by Crippen LogP contribution is 2.28. The summed E-state index contributed by atoms with van der Waals surface area (Å²) in [6, 6.07) is 5.77. The number of aryl methyl sites for hydroxylation is 1. The van der Waals surface area contributed by atoms with Crippen LogP contribution in [0.2, 0.25) is 0 Å². The lowest BCUT2D eigenvalue weighted by Gasteiger charge is -2.12. The highest BCUT2D eigenvalue weighted by molar-refractivity contribution is 5.49. The normalized spacial score (nSPS) is 10.2. The maximum atomic E-state index is 10.6. The maximum absolute atomic E-state index is 10.6. The Balaban J connectivity index is 2.32. The summed E-state index contributed by atoms with van der Waals surface area (Å²) < 4.78 is 5.66. The van der Waals surface area contributed by atoms with Crippen LogP contribution in [0.1, 0.15) is 18.3 Å². The van der Waals surface area contributed by atoms with E-state index in [1.807, 2.05) is 6.92 Å².